The van der Waals surface area contributed by atoms with E-state index in [1.165, 1.54) is 6.21 Å². The number of rotatable bonds is 1. The van der Waals surface area contributed by atoms with Crippen molar-refractivity contribution in [2.45, 2.75) is 6.92 Å². The largest absolute Gasteiger partial charge is 0.323 e. The smallest absolute Gasteiger partial charge is 0.135 e. The lowest BCUT2D eigenvalue weighted by Crippen LogP contribution is -1.90. The standard InChI is InChI=1S/C6H9ClN4/c1-4-5(3-9-8)6(7)11(2)10-4/h3H,8H2,1-2H3/b9-3+. The average Bonchev–Trinajstić information content (AvgIpc) is 2.17. The van der Waals surface area contributed by atoms with Gasteiger partial charge in [-0.25, -0.2) is 0 Å². The van der Waals surface area contributed by atoms with Crippen LogP contribution in [0.1, 0.15) is 11.3 Å². The summed E-state index contributed by atoms with van der Waals surface area (Å²) in [6.45, 7) is 1.85. The first kappa shape index (κ1) is 8.07. The molecule has 1 aromatic heterocycles. The number of nitrogens with two attached hydrogens (primary N) is 1. The molecule has 0 saturated carbocycles. The summed E-state index contributed by atoms with van der Waals surface area (Å²) in [5, 5.41) is 8.00. The van der Waals surface area contributed by atoms with Gasteiger partial charge in [-0.05, 0) is 6.92 Å². The van der Waals surface area contributed by atoms with Gasteiger partial charge in [0.15, 0.2) is 0 Å². The zero-order chi connectivity index (χ0) is 8.43. The maximum Gasteiger partial charge on any atom is 0.135 e. The third-order valence-electron chi connectivity index (χ3n) is 1.40. The molecule has 0 bridgehead atoms. The van der Waals surface area contributed by atoms with E-state index in [9.17, 15) is 0 Å². The Kier molecular flexibility index (Phi) is 2.14. The quantitative estimate of drug-likeness (QED) is 0.385. The highest BCUT2D eigenvalue weighted by Crippen LogP contribution is 2.15. The molecule has 0 aromatic carbocycles. The van der Waals surface area contributed by atoms with Crippen LogP contribution in [0.15, 0.2) is 5.10 Å². The number of halogens is 1. The van der Waals surface area contributed by atoms with Crippen LogP contribution >= 0.6 is 11.6 Å². The third-order valence-corrected chi connectivity index (χ3v) is 1.85. The minimum absolute atomic E-state index is 0.553. The second-order valence-corrected chi connectivity index (χ2v) is 2.55. The molecule has 0 aliphatic heterocycles. The summed E-state index contributed by atoms with van der Waals surface area (Å²) in [7, 11) is 1.77. The van der Waals surface area contributed by atoms with Crippen molar-refractivity contribution in [3.63, 3.8) is 0 Å². The lowest BCUT2D eigenvalue weighted by molar-refractivity contribution is 0.757. The van der Waals surface area contributed by atoms with E-state index in [0.717, 1.165) is 11.3 Å². The molecule has 5 heteroatoms. The first-order valence-electron chi connectivity index (χ1n) is 3.09. The van der Waals surface area contributed by atoms with Gasteiger partial charge in [-0.2, -0.15) is 10.2 Å². The van der Waals surface area contributed by atoms with Crippen LogP contribution in [0.25, 0.3) is 0 Å². The van der Waals surface area contributed by atoms with E-state index in [-0.39, 0.29) is 0 Å². The molecule has 0 spiro atoms. The SMILES string of the molecule is Cc1nn(C)c(Cl)c1/C=N/N. The van der Waals surface area contributed by atoms with Gasteiger partial charge in [0, 0.05) is 7.05 Å². The van der Waals surface area contributed by atoms with E-state index in [1.54, 1.807) is 11.7 Å². The van der Waals surface area contributed by atoms with Crippen LogP contribution in [0.3, 0.4) is 0 Å². The fourth-order valence-electron chi connectivity index (χ4n) is 0.868. The predicted molar refractivity (Wildman–Crippen MR) is 44.7 cm³/mol. The second-order valence-electron chi connectivity index (χ2n) is 2.19. The number of nitrogens with zero attached hydrogens (tertiary/aromatic N) is 3. The van der Waals surface area contributed by atoms with Crippen molar-refractivity contribution in [2.24, 2.45) is 18.0 Å². The van der Waals surface area contributed by atoms with Crippen molar-refractivity contribution in [1.29, 1.82) is 0 Å². The molecule has 0 atom stereocenters. The van der Waals surface area contributed by atoms with Gasteiger partial charge in [-0.15, -0.1) is 0 Å². The van der Waals surface area contributed by atoms with Crippen LogP contribution in [0.4, 0.5) is 0 Å². The molecule has 0 amide bonds. The lowest BCUT2D eigenvalue weighted by Gasteiger charge is -1.89. The van der Waals surface area contributed by atoms with Crippen molar-refractivity contribution in [3.8, 4) is 0 Å². The van der Waals surface area contributed by atoms with E-state index in [1.807, 2.05) is 6.92 Å². The van der Waals surface area contributed by atoms with E-state index in [4.69, 9.17) is 17.4 Å². The van der Waals surface area contributed by atoms with Crippen molar-refractivity contribution in [2.75, 3.05) is 0 Å². The highest BCUT2D eigenvalue weighted by molar-refractivity contribution is 6.32. The molecule has 0 aliphatic carbocycles. The Hall–Kier alpha value is -1.03. The van der Waals surface area contributed by atoms with Gasteiger partial charge in [0.2, 0.25) is 0 Å². The summed E-state index contributed by atoms with van der Waals surface area (Å²) in [5.74, 6) is 4.98. The first-order chi connectivity index (χ1) is 5.16. The highest BCUT2D eigenvalue weighted by atomic mass is 35.5. The fourth-order valence-corrected chi connectivity index (χ4v) is 1.09. The maximum absolute atomic E-state index is 5.85. The Morgan fingerprint density at radius 3 is 2.73 bits per heavy atom. The Morgan fingerprint density at radius 1 is 1.73 bits per heavy atom. The molecule has 1 rings (SSSR count). The molecule has 2 N–H and O–H groups in total. The molecular weight excluding hydrogens is 164 g/mol. The van der Waals surface area contributed by atoms with Crippen LogP contribution in [0.5, 0.6) is 0 Å². The van der Waals surface area contributed by atoms with Crippen LogP contribution in [-0.4, -0.2) is 16.0 Å². The summed E-state index contributed by atoms with van der Waals surface area (Å²) in [6.07, 6.45) is 1.49. The van der Waals surface area contributed by atoms with Gasteiger partial charge in [0.05, 0.1) is 17.5 Å². The summed E-state index contributed by atoms with van der Waals surface area (Å²) < 4.78 is 1.58. The lowest BCUT2D eigenvalue weighted by atomic mass is 10.3. The molecule has 0 radical (unpaired) electrons. The van der Waals surface area contributed by atoms with Crippen LogP contribution in [-0.2, 0) is 7.05 Å². The minimum atomic E-state index is 0.553. The maximum atomic E-state index is 5.85. The molecule has 0 saturated heterocycles. The molecule has 1 aromatic rings. The topological polar surface area (TPSA) is 56.2 Å². The van der Waals surface area contributed by atoms with E-state index in [0.29, 0.717) is 5.15 Å². The first-order valence-corrected chi connectivity index (χ1v) is 3.47. The van der Waals surface area contributed by atoms with Crippen molar-refractivity contribution < 1.29 is 0 Å². The highest BCUT2D eigenvalue weighted by Gasteiger charge is 2.07. The van der Waals surface area contributed by atoms with Crippen LogP contribution < -0.4 is 5.84 Å². The third kappa shape index (κ3) is 1.35. The zero-order valence-corrected chi connectivity index (χ0v) is 7.13. The van der Waals surface area contributed by atoms with Gasteiger partial charge in [-0.3, -0.25) is 4.68 Å². The molecular formula is C6H9ClN4. The van der Waals surface area contributed by atoms with Gasteiger partial charge < -0.3 is 5.84 Å². The van der Waals surface area contributed by atoms with Crippen molar-refractivity contribution in [1.82, 2.24) is 9.78 Å². The second kappa shape index (κ2) is 2.92. The van der Waals surface area contributed by atoms with Crippen molar-refractivity contribution in [3.05, 3.63) is 16.4 Å². The average molecular weight is 173 g/mol. The molecule has 11 heavy (non-hydrogen) atoms. The van der Waals surface area contributed by atoms with Crippen molar-refractivity contribution >= 4 is 17.8 Å². The molecule has 0 aliphatic rings. The molecule has 60 valence electrons. The number of hydrazone groups is 1. The van der Waals surface area contributed by atoms with Gasteiger partial charge in [0.25, 0.3) is 0 Å². The number of aromatic nitrogens is 2. The fraction of sp³-hybridized carbons (Fsp3) is 0.333. The van der Waals surface area contributed by atoms with Crippen LogP contribution in [0, 0.1) is 6.92 Å². The number of hydrogen-bond acceptors (Lipinski definition) is 3. The molecule has 4 nitrogen and oxygen atoms in total. The van der Waals surface area contributed by atoms with E-state index in [2.05, 4.69) is 10.2 Å². The predicted octanol–water partition coefficient (Wildman–Crippen LogP) is 0.675. The van der Waals surface area contributed by atoms with Gasteiger partial charge in [0.1, 0.15) is 5.15 Å². The normalized spacial score (nSPS) is 11.2. The number of aryl methyl sites for hydroxylation is 2. The molecule has 1 heterocycles. The van der Waals surface area contributed by atoms with E-state index >= 15 is 0 Å². The summed E-state index contributed by atoms with van der Waals surface area (Å²) in [5.41, 5.74) is 1.60. The summed E-state index contributed by atoms with van der Waals surface area (Å²) in [6, 6.07) is 0. The minimum Gasteiger partial charge on any atom is -0.323 e. The van der Waals surface area contributed by atoms with E-state index < -0.39 is 0 Å². The number of hydrogen-bond donors (Lipinski definition) is 1. The summed E-state index contributed by atoms with van der Waals surface area (Å²) >= 11 is 5.85. The molecule has 0 unspecified atom stereocenters. The monoisotopic (exact) mass is 172 g/mol. The van der Waals surface area contributed by atoms with Gasteiger partial charge >= 0.3 is 0 Å². The summed E-state index contributed by atoms with van der Waals surface area (Å²) in [4.78, 5) is 0. The Morgan fingerprint density at radius 2 is 2.36 bits per heavy atom. The van der Waals surface area contributed by atoms with Gasteiger partial charge in [-0.1, -0.05) is 11.6 Å². The Bertz CT molecular complexity index is 289. The van der Waals surface area contributed by atoms with Crippen LogP contribution in [0.2, 0.25) is 5.15 Å². The Balaban J connectivity index is 3.22. The molecule has 0 fully saturated rings. The Labute approximate surface area is 69.6 Å². The zero-order valence-electron chi connectivity index (χ0n) is 6.37.